The van der Waals surface area contributed by atoms with Gasteiger partial charge in [-0.25, -0.2) is 8.78 Å². The Morgan fingerprint density at radius 2 is 1.57 bits per heavy atom. The Kier molecular flexibility index (Phi) is 10.5. The van der Waals surface area contributed by atoms with Crippen LogP contribution in [0.5, 0.6) is 0 Å². The summed E-state index contributed by atoms with van der Waals surface area (Å²) in [6.45, 7) is 0.107. The number of piperazine rings is 1. The van der Waals surface area contributed by atoms with Crippen molar-refractivity contribution in [3.63, 3.8) is 0 Å². The fourth-order valence-corrected chi connectivity index (χ4v) is 5.13. The molecule has 0 radical (unpaired) electrons. The number of carbonyl (C=O) groups excluding carboxylic acids is 4. The second-order valence-corrected chi connectivity index (χ2v) is 10.5. The highest BCUT2D eigenvalue weighted by molar-refractivity contribution is 5.98. The molecule has 222 valence electrons. The third-order valence-electron chi connectivity index (χ3n) is 7.48. The van der Waals surface area contributed by atoms with Gasteiger partial charge in [-0.3, -0.25) is 24.2 Å². The van der Waals surface area contributed by atoms with Crippen LogP contribution in [0.2, 0.25) is 0 Å². The molecule has 0 saturated carbocycles. The van der Waals surface area contributed by atoms with Crippen LogP contribution in [0, 0.1) is 11.6 Å². The maximum absolute atomic E-state index is 13.7. The normalized spacial score (nSPS) is 18.4. The molecule has 4 rings (SSSR count). The minimum absolute atomic E-state index is 0.0368. The number of primary amides is 1. The molecule has 2 aromatic carbocycles. The van der Waals surface area contributed by atoms with Crippen LogP contribution >= 0.6 is 0 Å². The first-order valence-corrected chi connectivity index (χ1v) is 14.0. The molecular formula is C31H35F2N5O4. The van der Waals surface area contributed by atoms with E-state index in [4.69, 9.17) is 5.73 Å². The van der Waals surface area contributed by atoms with E-state index < -0.39 is 17.9 Å². The number of nitrogens with zero attached hydrogens (tertiary/aromatic N) is 4. The Labute approximate surface area is 243 Å². The Morgan fingerprint density at radius 1 is 0.952 bits per heavy atom. The van der Waals surface area contributed by atoms with Crippen LogP contribution in [-0.2, 0) is 32.0 Å². The number of dihydropyridines is 1. The fourth-order valence-electron chi connectivity index (χ4n) is 5.13. The molecule has 11 heteroatoms. The second kappa shape index (κ2) is 14.5. The molecule has 4 amide bonds. The topological polar surface area (TPSA) is 116 Å². The zero-order valence-corrected chi connectivity index (χ0v) is 23.3. The molecule has 0 aliphatic carbocycles. The Hall–Kier alpha value is -4.41. The number of halogens is 2. The van der Waals surface area contributed by atoms with Crippen molar-refractivity contribution in [2.75, 3.05) is 32.7 Å². The zero-order valence-electron chi connectivity index (χ0n) is 23.3. The lowest BCUT2D eigenvalue weighted by Crippen LogP contribution is -2.61. The van der Waals surface area contributed by atoms with E-state index in [1.807, 2.05) is 12.2 Å². The predicted octanol–water partition coefficient (Wildman–Crippen LogP) is 2.28. The summed E-state index contributed by atoms with van der Waals surface area (Å²) in [7, 11) is 0. The van der Waals surface area contributed by atoms with Gasteiger partial charge in [-0.05, 0) is 67.2 Å². The van der Waals surface area contributed by atoms with Gasteiger partial charge < -0.3 is 20.4 Å². The smallest absolute Gasteiger partial charge is 0.246 e. The number of amides is 4. The molecule has 2 N–H and O–H groups in total. The quantitative estimate of drug-likeness (QED) is 0.392. The molecule has 2 aromatic rings. The van der Waals surface area contributed by atoms with Crippen molar-refractivity contribution < 1.29 is 28.0 Å². The van der Waals surface area contributed by atoms with E-state index in [9.17, 15) is 28.0 Å². The summed E-state index contributed by atoms with van der Waals surface area (Å²) in [5.41, 5.74) is 7.01. The molecule has 2 heterocycles. The molecule has 0 aromatic heterocycles. The van der Waals surface area contributed by atoms with Crippen molar-refractivity contribution in [1.82, 2.24) is 14.7 Å². The summed E-state index contributed by atoms with van der Waals surface area (Å²) >= 11 is 0. The summed E-state index contributed by atoms with van der Waals surface area (Å²) in [5.74, 6) is -2.61. The zero-order chi connectivity index (χ0) is 30.1. The van der Waals surface area contributed by atoms with Crippen LogP contribution in [0.15, 0.2) is 65.7 Å². The summed E-state index contributed by atoms with van der Waals surface area (Å²) in [4.78, 5) is 60.9. The number of hydrogen-bond donors (Lipinski definition) is 1. The van der Waals surface area contributed by atoms with Gasteiger partial charge in [-0.1, -0.05) is 30.3 Å². The first-order chi connectivity index (χ1) is 20.2. The van der Waals surface area contributed by atoms with Crippen LogP contribution < -0.4 is 5.73 Å². The number of aliphatic imine (C=N–C) groups is 1. The molecule has 2 atom stereocenters. The second-order valence-electron chi connectivity index (χ2n) is 10.5. The van der Waals surface area contributed by atoms with Crippen molar-refractivity contribution in [2.24, 2.45) is 10.7 Å². The molecule has 42 heavy (non-hydrogen) atoms. The standard InChI is InChI=1S/C31H35F2N5O4/c32-24-8-4-22(5-9-24)12-16-37-21-30(41)38(18-13-23-6-10-25(33)11-7-23)27(31(37)42)19-29(40)36(20-28(34)39)17-14-26-3-1-2-15-35-26/h1-2,4-11,15,26-27H,3,12-14,16-21H2,(H2,34,39). The SMILES string of the molecule is NC(=O)CN(CCC1CC=CC=N1)C(=O)CC1C(=O)N(CCc2ccc(F)cc2)CC(=O)N1CCc1ccc(F)cc1. The first kappa shape index (κ1) is 30.5. The van der Waals surface area contributed by atoms with Gasteiger partial charge in [0.1, 0.15) is 17.7 Å². The highest BCUT2D eigenvalue weighted by Gasteiger charge is 2.40. The van der Waals surface area contributed by atoms with E-state index in [0.717, 1.165) is 11.1 Å². The van der Waals surface area contributed by atoms with Gasteiger partial charge >= 0.3 is 0 Å². The van der Waals surface area contributed by atoms with Crippen LogP contribution in [0.1, 0.15) is 30.4 Å². The minimum Gasteiger partial charge on any atom is -0.368 e. The molecular weight excluding hydrogens is 544 g/mol. The molecule has 9 nitrogen and oxygen atoms in total. The molecule has 2 unspecified atom stereocenters. The number of benzene rings is 2. The Bertz CT molecular complexity index is 1330. The largest absolute Gasteiger partial charge is 0.368 e. The van der Waals surface area contributed by atoms with Gasteiger partial charge in [0, 0.05) is 25.8 Å². The molecule has 2 aliphatic heterocycles. The van der Waals surface area contributed by atoms with Crippen molar-refractivity contribution in [3.05, 3.63) is 83.4 Å². The number of carbonyl (C=O) groups is 4. The van der Waals surface area contributed by atoms with E-state index in [1.54, 1.807) is 30.5 Å². The van der Waals surface area contributed by atoms with Crippen LogP contribution in [0.4, 0.5) is 8.78 Å². The fraction of sp³-hybridized carbons (Fsp3) is 0.387. The lowest BCUT2D eigenvalue weighted by atomic mass is 10.0. The number of hydrogen-bond acceptors (Lipinski definition) is 5. The predicted molar refractivity (Wildman–Crippen MR) is 153 cm³/mol. The van der Waals surface area contributed by atoms with E-state index in [2.05, 4.69) is 4.99 Å². The maximum Gasteiger partial charge on any atom is 0.246 e. The lowest BCUT2D eigenvalue weighted by Gasteiger charge is -2.41. The van der Waals surface area contributed by atoms with Gasteiger partial charge in [0.05, 0.1) is 25.6 Å². The number of rotatable bonds is 13. The molecule has 1 saturated heterocycles. The van der Waals surface area contributed by atoms with Gasteiger partial charge in [-0.15, -0.1) is 0 Å². The summed E-state index contributed by atoms with van der Waals surface area (Å²) < 4.78 is 26.7. The summed E-state index contributed by atoms with van der Waals surface area (Å²) in [6, 6.07) is 10.7. The third-order valence-corrected chi connectivity index (χ3v) is 7.48. The van der Waals surface area contributed by atoms with Gasteiger partial charge in [0.15, 0.2) is 0 Å². The van der Waals surface area contributed by atoms with E-state index in [0.29, 0.717) is 25.7 Å². The van der Waals surface area contributed by atoms with Gasteiger partial charge in [0.2, 0.25) is 23.6 Å². The number of nitrogens with two attached hydrogens (primary N) is 1. The first-order valence-electron chi connectivity index (χ1n) is 14.0. The summed E-state index contributed by atoms with van der Waals surface area (Å²) in [6.07, 6.45) is 7.18. The van der Waals surface area contributed by atoms with E-state index >= 15 is 0 Å². The average Bonchev–Trinajstić information content (AvgIpc) is 2.98. The molecule has 1 fully saturated rings. The highest BCUT2D eigenvalue weighted by Crippen LogP contribution is 2.20. The lowest BCUT2D eigenvalue weighted by molar-refractivity contribution is -0.158. The summed E-state index contributed by atoms with van der Waals surface area (Å²) in [5, 5.41) is 0. The van der Waals surface area contributed by atoms with Crippen LogP contribution in [-0.4, -0.2) is 89.4 Å². The van der Waals surface area contributed by atoms with Crippen molar-refractivity contribution in [2.45, 2.75) is 44.2 Å². The molecule has 2 aliphatic rings. The third kappa shape index (κ3) is 8.55. The number of allylic oxidation sites excluding steroid dienone is 1. The van der Waals surface area contributed by atoms with Gasteiger partial charge in [0.25, 0.3) is 0 Å². The molecule has 0 bridgehead atoms. The highest BCUT2D eigenvalue weighted by atomic mass is 19.1. The van der Waals surface area contributed by atoms with Crippen molar-refractivity contribution >= 4 is 29.8 Å². The molecule has 0 spiro atoms. The average molecular weight is 580 g/mol. The maximum atomic E-state index is 13.7. The van der Waals surface area contributed by atoms with Crippen molar-refractivity contribution in [3.8, 4) is 0 Å². The van der Waals surface area contributed by atoms with E-state index in [-0.39, 0.29) is 68.6 Å². The Balaban J connectivity index is 1.49. The van der Waals surface area contributed by atoms with E-state index in [1.165, 1.54) is 39.0 Å². The monoisotopic (exact) mass is 579 g/mol. The van der Waals surface area contributed by atoms with Crippen LogP contribution in [0.25, 0.3) is 0 Å². The van der Waals surface area contributed by atoms with Crippen molar-refractivity contribution in [1.29, 1.82) is 0 Å². The van der Waals surface area contributed by atoms with Gasteiger partial charge in [-0.2, -0.15) is 0 Å². The Morgan fingerprint density at radius 3 is 2.14 bits per heavy atom. The van der Waals surface area contributed by atoms with Crippen LogP contribution in [0.3, 0.4) is 0 Å². The minimum atomic E-state index is -1.08.